The summed E-state index contributed by atoms with van der Waals surface area (Å²) >= 11 is 0. The SMILES string of the molecule is COc1cccc(NC(=O)CCNc2ccc(F)cc2)c1. The Balaban J connectivity index is 1.78. The minimum absolute atomic E-state index is 0.0992. The van der Waals surface area contributed by atoms with Gasteiger partial charge in [0.15, 0.2) is 0 Å². The molecule has 21 heavy (non-hydrogen) atoms. The second-order valence-electron chi connectivity index (χ2n) is 4.46. The monoisotopic (exact) mass is 288 g/mol. The summed E-state index contributed by atoms with van der Waals surface area (Å²) in [5.74, 6) is 0.311. The number of carbonyl (C=O) groups excluding carboxylic acids is 1. The number of halogens is 1. The highest BCUT2D eigenvalue weighted by molar-refractivity contribution is 5.91. The topological polar surface area (TPSA) is 50.4 Å². The smallest absolute Gasteiger partial charge is 0.226 e. The van der Waals surface area contributed by atoms with E-state index in [0.29, 0.717) is 24.4 Å². The predicted molar refractivity (Wildman–Crippen MR) is 81.1 cm³/mol. The molecule has 0 aromatic heterocycles. The van der Waals surface area contributed by atoms with Crippen LogP contribution in [0.5, 0.6) is 5.75 Å². The van der Waals surface area contributed by atoms with Crippen LogP contribution in [0.2, 0.25) is 0 Å². The molecule has 0 fully saturated rings. The Labute approximate surface area is 122 Å². The lowest BCUT2D eigenvalue weighted by Crippen LogP contribution is -2.16. The van der Waals surface area contributed by atoms with Crippen molar-refractivity contribution in [2.24, 2.45) is 0 Å². The molecule has 0 saturated carbocycles. The molecular formula is C16H17FN2O2. The summed E-state index contributed by atoms with van der Waals surface area (Å²) in [5.41, 5.74) is 1.48. The van der Waals surface area contributed by atoms with Gasteiger partial charge in [-0.15, -0.1) is 0 Å². The van der Waals surface area contributed by atoms with Crippen LogP contribution in [-0.2, 0) is 4.79 Å². The van der Waals surface area contributed by atoms with Crippen molar-refractivity contribution >= 4 is 17.3 Å². The summed E-state index contributed by atoms with van der Waals surface area (Å²) in [6.45, 7) is 0.474. The van der Waals surface area contributed by atoms with Crippen LogP contribution in [0.15, 0.2) is 48.5 Å². The van der Waals surface area contributed by atoms with Crippen molar-refractivity contribution in [1.82, 2.24) is 0 Å². The summed E-state index contributed by atoms with van der Waals surface area (Å²) in [6.07, 6.45) is 0.314. The van der Waals surface area contributed by atoms with Crippen molar-refractivity contribution in [2.45, 2.75) is 6.42 Å². The van der Waals surface area contributed by atoms with E-state index in [1.54, 1.807) is 31.4 Å². The molecule has 110 valence electrons. The standard InChI is InChI=1S/C16H17FN2O2/c1-21-15-4-2-3-14(11-15)19-16(20)9-10-18-13-7-5-12(17)6-8-13/h2-8,11,18H,9-10H2,1H3,(H,19,20). The zero-order valence-electron chi connectivity index (χ0n) is 11.7. The molecule has 0 radical (unpaired) electrons. The van der Waals surface area contributed by atoms with Crippen molar-refractivity contribution in [3.8, 4) is 5.75 Å². The fourth-order valence-corrected chi connectivity index (χ4v) is 1.81. The zero-order valence-corrected chi connectivity index (χ0v) is 11.7. The Bertz CT molecular complexity index is 599. The third-order valence-corrected chi connectivity index (χ3v) is 2.88. The van der Waals surface area contributed by atoms with Gasteiger partial charge in [-0.1, -0.05) is 6.07 Å². The molecule has 0 aliphatic heterocycles. The van der Waals surface area contributed by atoms with Gasteiger partial charge in [-0.2, -0.15) is 0 Å². The average Bonchev–Trinajstić information content (AvgIpc) is 2.49. The van der Waals surface area contributed by atoms with E-state index in [4.69, 9.17) is 4.74 Å². The molecule has 0 unspecified atom stereocenters. The zero-order chi connectivity index (χ0) is 15.1. The van der Waals surface area contributed by atoms with E-state index >= 15 is 0 Å². The van der Waals surface area contributed by atoms with E-state index in [2.05, 4.69) is 10.6 Å². The Kier molecular flexibility index (Phi) is 5.15. The van der Waals surface area contributed by atoms with Crippen LogP contribution in [0.1, 0.15) is 6.42 Å². The number of rotatable bonds is 6. The molecule has 5 heteroatoms. The summed E-state index contributed by atoms with van der Waals surface area (Å²) in [7, 11) is 1.58. The first-order chi connectivity index (χ1) is 10.2. The Morgan fingerprint density at radius 2 is 1.90 bits per heavy atom. The van der Waals surface area contributed by atoms with Gasteiger partial charge in [0.1, 0.15) is 11.6 Å². The molecule has 0 bridgehead atoms. The second kappa shape index (κ2) is 7.28. The first-order valence-electron chi connectivity index (χ1n) is 6.61. The molecular weight excluding hydrogens is 271 g/mol. The molecule has 4 nitrogen and oxygen atoms in total. The maximum atomic E-state index is 12.7. The Morgan fingerprint density at radius 3 is 2.62 bits per heavy atom. The molecule has 2 aromatic carbocycles. The highest BCUT2D eigenvalue weighted by Gasteiger charge is 2.03. The molecule has 0 aliphatic rings. The molecule has 2 rings (SSSR count). The van der Waals surface area contributed by atoms with Gasteiger partial charge in [0, 0.05) is 30.4 Å². The summed E-state index contributed by atoms with van der Waals surface area (Å²) in [5, 5.41) is 5.85. The number of nitrogens with one attached hydrogen (secondary N) is 2. The normalized spacial score (nSPS) is 10.0. The summed E-state index contributed by atoms with van der Waals surface area (Å²) < 4.78 is 17.8. The number of hydrogen-bond donors (Lipinski definition) is 2. The minimum Gasteiger partial charge on any atom is -0.497 e. The van der Waals surface area contributed by atoms with Crippen LogP contribution in [0.4, 0.5) is 15.8 Å². The number of carbonyl (C=O) groups is 1. The van der Waals surface area contributed by atoms with Crippen molar-refractivity contribution in [1.29, 1.82) is 0 Å². The number of hydrogen-bond acceptors (Lipinski definition) is 3. The van der Waals surface area contributed by atoms with Crippen molar-refractivity contribution in [3.63, 3.8) is 0 Å². The van der Waals surface area contributed by atoms with Crippen LogP contribution >= 0.6 is 0 Å². The molecule has 0 aliphatic carbocycles. The predicted octanol–water partition coefficient (Wildman–Crippen LogP) is 3.28. The van der Waals surface area contributed by atoms with Gasteiger partial charge in [-0.25, -0.2) is 4.39 Å². The largest absolute Gasteiger partial charge is 0.497 e. The molecule has 0 saturated heterocycles. The van der Waals surface area contributed by atoms with E-state index in [1.807, 2.05) is 12.1 Å². The summed E-state index contributed by atoms with van der Waals surface area (Å²) in [6, 6.07) is 13.2. The highest BCUT2D eigenvalue weighted by atomic mass is 19.1. The Hall–Kier alpha value is -2.56. The van der Waals surface area contributed by atoms with Gasteiger partial charge in [0.25, 0.3) is 0 Å². The van der Waals surface area contributed by atoms with Crippen molar-refractivity contribution in [3.05, 3.63) is 54.3 Å². The van der Waals surface area contributed by atoms with E-state index in [-0.39, 0.29) is 11.7 Å². The van der Waals surface area contributed by atoms with E-state index in [9.17, 15) is 9.18 Å². The van der Waals surface area contributed by atoms with Crippen molar-refractivity contribution < 1.29 is 13.9 Å². The number of anilines is 2. The van der Waals surface area contributed by atoms with Crippen LogP contribution in [0.3, 0.4) is 0 Å². The van der Waals surface area contributed by atoms with E-state index in [0.717, 1.165) is 5.69 Å². The van der Waals surface area contributed by atoms with Crippen molar-refractivity contribution in [2.75, 3.05) is 24.3 Å². The minimum atomic E-state index is -0.281. The number of amides is 1. The number of methoxy groups -OCH3 is 1. The third kappa shape index (κ3) is 4.80. The van der Waals surface area contributed by atoms with Gasteiger partial charge in [0.05, 0.1) is 7.11 Å². The van der Waals surface area contributed by atoms with E-state index < -0.39 is 0 Å². The molecule has 0 atom stereocenters. The molecule has 2 aromatic rings. The van der Waals surface area contributed by atoms with Gasteiger partial charge in [-0.3, -0.25) is 4.79 Å². The lowest BCUT2D eigenvalue weighted by atomic mass is 10.2. The first kappa shape index (κ1) is 14.8. The fraction of sp³-hybridized carbons (Fsp3) is 0.188. The average molecular weight is 288 g/mol. The first-order valence-corrected chi connectivity index (χ1v) is 6.61. The van der Waals surface area contributed by atoms with Crippen LogP contribution in [0, 0.1) is 5.82 Å². The van der Waals surface area contributed by atoms with Gasteiger partial charge in [-0.05, 0) is 36.4 Å². The van der Waals surface area contributed by atoms with Crippen LogP contribution in [0.25, 0.3) is 0 Å². The Morgan fingerprint density at radius 1 is 1.14 bits per heavy atom. The van der Waals surface area contributed by atoms with Gasteiger partial charge < -0.3 is 15.4 Å². The molecule has 0 spiro atoms. The third-order valence-electron chi connectivity index (χ3n) is 2.88. The van der Waals surface area contributed by atoms with Gasteiger partial charge in [0.2, 0.25) is 5.91 Å². The lowest BCUT2D eigenvalue weighted by Gasteiger charge is -2.08. The molecule has 0 heterocycles. The van der Waals surface area contributed by atoms with Crippen LogP contribution in [-0.4, -0.2) is 19.6 Å². The lowest BCUT2D eigenvalue weighted by molar-refractivity contribution is -0.115. The molecule has 2 N–H and O–H groups in total. The molecule has 1 amide bonds. The van der Waals surface area contributed by atoms with Gasteiger partial charge >= 0.3 is 0 Å². The summed E-state index contributed by atoms with van der Waals surface area (Å²) in [4.78, 5) is 11.8. The van der Waals surface area contributed by atoms with E-state index in [1.165, 1.54) is 12.1 Å². The highest BCUT2D eigenvalue weighted by Crippen LogP contribution is 2.16. The number of ether oxygens (including phenoxy) is 1. The quantitative estimate of drug-likeness (QED) is 0.857. The fourth-order valence-electron chi connectivity index (χ4n) is 1.81. The maximum Gasteiger partial charge on any atom is 0.226 e. The maximum absolute atomic E-state index is 12.7. The number of benzene rings is 2. The van der Waals surface area contributed by atoms with Crippen LogP contribution < -0.4 is 15.4 Å². The second-order valence-corrected chi connectivity index (χ2v) is 4.46.